The number of aliphatic carboxylic acids is 1. The first-order valence-electron chi connectivity index (χ1n) is 5.41. The average Bonchev–Trinajstić information content (AvgIpc) is 2.35. The van der Waals surface area contributed by atoms with Crippen molar-refractivity contribution >= 4 is 35.5 Å². The van der Waals surface area contributed by atoms with Crippen molar-refractivity contribution in [2.75, 3.05) is 18.1 Å². The molecule has 0 aliphatic rings. The molecule has 0 spiro atoms. The van der Waals surface area contributed by atoms with Crippen molar-refractivity contribution in [3.05, 3.63) is 34.9 Å². The number of carboxylic acids is 1. The van der Waals surface area contributed by atoms with E-state index in [9.17, 15) is 4.79 Å². The van der Waals surface area contributed by atoms with Crippen molar-refractivity contribution < 1.29 is 9.90 Å². The number of halogens is 1. The molecule has 0 aromatic heterocycles. The van der Waals surface area contributed by atoms with E-state index in [1.54, 1.807) is 6.21 Å². The fourth-order valence-corrected chi connectivity index (χ4v) is 2.04. The van der Waals surface area contributed by atoms with Gasteiger partial charge < -0.3 is 10.8 Å². The van der Waals surface area contributed by atoms with Crippen molar-refractivity contribution in [1.29, 1.82) is 0 Å². The van der Waals surface area contributed by atoms with Crippen LogP contribution in [0.1, 0.15) is 5.56 Å². The van der Waals surface area contributed by atoms with Gasteiger partial charge >= 0.3 is 5.97 Å². The zero-order valence-corrected chi connectivity index (χ0v) is 11.3. The van der Waals surface area contributed by atoms with Gasteiger partial charge in [0.15, 0.2) is 0 Å². The van der Waals surface area contributed by atoms with Gasteiger partial charge in [-0.05, 0) is 17.7 Å². The van der Waals surface area contributed by atoms with E-state index >= 15 is 0 Å². The van der Waals surface area contributed by atoms with E-state index in [1.165, 1.54) is 11.8 Å². The minimum atomic E-state index is -0.966. The van der Waals surface area contributed by atoms with Crippen LogP contribution in [0, 0.1) is 0 Å². The van der Waals surface area contributed by atoms with Crippen molar-refractivity contribution in [1.82, 2.24) is 0 Å². The van der Waals surface area contributed by atoms with E-state index in [1.807, 2.05) is 24.3 Å². The Kier molecular flexibility index (Phi) is 6.78. The molecule has 0 radical (unpaired) electrons. The second kappa shape index (κ2) is 8.13. The molecule has 6 heteroatoms. The van der Waals surface area contributed by atoms with E-state index in [0.29, 0.717) is 17.3 Å². The summed E-state index contributed by atoms with van der Waals surface area (Å²) in [6.45, 7) is 0.639. The normalized spacial score (nSPS) is 12.8. The van der Waals surface area contributed by atoms with Crippen LogP contribution in [0.15, 0.2) is 29.3 Å². The van der Waals surface area contributed by atoms with Gasteiger partial charge in [-0.1, -0.05) is 23.7 Å². The summed E-state index contributed by atoms with van der Waals surface area (Å²) in [5.41, 5.74) is 6.36. The number of carboxylic acid groups (broad SMARTS) is 1. The number of hydrogen-bond acceptors (Lipinski definition) is 4. The molecule has 0 bridgehead atoms. The first-order valence-corrected chi connectivity index (χ1v) is 6.94. The number of rotatable bonds is 7. The molecule has 98 valence electrons. The number of thioether (sulfide) groups is 1. The Morgan fingerprint density at radius 2 is 2.17 bits per heavy atom. The van der Waals surface area contributed by atoms with Gasteiger partial charge in [-0.2, -0.15) is 11.8 Å². The third-order valence-electron chi connectivity index (χ3n) is 2.09. The van der Waals surface area contributed by atoms with Gasteiger partial charge in [0.25, 0.3) is 0 Å². The molecule has 0 heterocycles. The van der Waals surface area contributed by atoms with Gasteiger partial charge in [-0.3, -0.25) is 9.79 Å². The summed E-state index contributed by atoms with van der Waals surface area (Å²) < 4.78 is 0. The maximum atomic E-state index is 10.5. The Hall–Kier alpha value is -1.04. The molecule has 0 saturated heterocycles. The summed E-state index contributed by atoms with van der Waals surface area (Å²) in [7, 11) is 0. The Labute approximate surface area is 115 Å². The van der Waals surface area contributed by atoms with Crippen molar-refractivity contribution in [3.63, 3.8) is 0 Å². The van der Waals surface area contributed by atoms with E-state index in [4.69, 9.17) is 22.4 Å². The largest absolute Gasteiger partial charge is 0.480 e. The van der Waals surface area contributed by atoms with Crippen LogP contribution in [-0.4, -0.2) is 41.4 Å². The summed E-state index contributed by atoms with van der Waals surface area (Å²) >= 11 is 7.25. The summed E-state index contributed by atoms with van der Waals surface area (Å²) in [6, 6.07) is 6.60. The maximum absolute atomic E-state index is 10.5. The van der Waals surface area contributed by atoms with E-state index in [0.717, 1.165) is 11.3 Å². The van der Waals surface area contributed by atoms with Crippen LogP contribution in [0.5, 0.6) is 0 Å². The van der Waals surface area contributed by atoms with Crippen molar-refractivity contribution in [3.8, 4) is 0 Å². The van der Waals surface area contributed by atoms with Crippen LogP contribution >= 0.6 is 23.4 Å². The Morgan fingerprint density at radius 1 is 1.50 bits per heavy atom. The van der Waals surface area contributed by atoms with Gasteiger partial charge in [0.2, 0.25) is 0 Å². The molecule has 0 fully saturated rings. The summed E-state index contributed by atoms with van der Waals surface area (Å²) in [6.07, 6.45) is 1.77. The number of nitrogens with two attached hydrogens (primary N) is 1. The lowest BCUT2D eigenvalue weighted by molar-refractivity contribution is -0.137. The molecule has 1 atom stereocenters. The molecular formula is C12H15ClN2O2S. The van der Waals surface area contributed by atoms with Gasteiger partial charge in [0, 0.05) is 29.3 Å². The van der Waals surface area contributed by atoms with Gasteiger partial charge in [0.05, 0.1) is 0 Å². The molecule has 3 N–H and O–H groups in total. The molecule has 18 heavy (non-hydrogen) atoms. The van der Waals surface area contributed by atoms with Crippen molar-refractivity contribution in [2.24, 2.45) is 10.7 Å². The van der Waals surface area contributed by atoms with Crippen LogP contribution in [0.3, 0.4) is 0 Å². The average molecular weight is 287 g/mol. The van der Waals surface area contributed by atoms with Crippen LogP contribution in [0.2, 0.25) is 5.02 Å². The fourth-order valence-electron chi connectivity index (χ4n) is 1.12. The molecule has 0 aliphatic heterocycles. The van der Waals surface area contributed by atoms with Crippen LogP contribution in [0.4, 0.5) is 0 Å². The van der Waals surface area contributed by atoms with Crippen LogP contribution < -0.4 is 5.73 Å². The van der Waals surface area contributed by atoms with E-state index in [2.05, 4.69) is 4.99 Å². The molecule has 1 rings (SSSR count). The molecule has 1 aromatic rings. The van der Waals surface area contributed by atoms with E-state index < -0.39 is 12.0 Å². The number of hydrogen-bond donors (Lipinski definition) is 2. The Bertz CT molecular complexity index is 409. The lowest BCUT2D eigenvalue weighted by atomic mass is 10.2. The zero-order valence-electron chi connectivity index (χ0n) is 9.75. The highest BCUT2D eigenvalue weighted by molar-refractivity contribution is 7.99. The van der Waals surface area contributed by atoms with Crippen LogP contribution in [0.25, 0.3) is 0 Å². The Morgan fingerprint density at radius 3 is 2.78 bits per heavy atom. The number of carbonyl (C=O) groups is 1. The van der Waals surface area contributed by atoms with Gasteiger partial charge in [-0.25, -0.2) is 0 Å². The molecule has 1 aromatic carbocycles. The predicted molar refractivity (Wildman–Crippen MR) is 76.8 cm³/mol. The SMILES string of the molecule is N[C@@H](CSCCN=Cc1ccc(Cl)cc1)C(=O)O. The molecule has 0 unspecified atom stereocenters. The molecule has 0 amide bonds. The lowest BCUT2D eigenvalue weighted by Gasteiger charge is -2.04. The Balaban J connectivity index is 2.18. The smallest absolute Gasteiger partial charge is 0.321 e. The van der Waals surface area contributed by atoms with Crippen molar-refractivity contribution in [2.45, 2.75) is 6.04 Å². The molecular weight excluding hydrogens is 272 g/mol. The number of aliphatic imine (C=N–C) groups is 1. The molecule has 0 saturated carbocycles. The lowest BCUT2D eigenvalue weighted by Crippen LogP contribution is -2.32. The minimum absolute atomic E-state index is 0.409. The van der Waals surface area contributed by atoms with Crippen LogP contribution in [-0.2, 0) is 4.79 Å². The monoisotopic (exact) mass is 286 g/mol. The topological polar surface area (TPSA) is 75.7 Å². The predicted octanol–water partition coefficient (Wildman–Crippen LogP) is 1.90. The first-order chi connectivity index (χ1) is 8.59. The second-order valence-corrected chi connectivity index (χ2v) is 5.19. The highest BCUT2D eigenvalue weighted by atomic mass is 35.5. The second-order valence-electron chi connectivity index (χ2n) is 3.61. The maximum Gasteiger partial charge on any atom is 0.321 e. The van der Waals surface area contributed by atoms with Gasteiger partial charge in [-0.15, -0.1) is 0 Å². The third-order valence-corrected chi connectivity index (χ3v) is 3.41. The minimum Gasteiger partial charge on any atom is -0.480 e. The quantitative estimate of drug-likeness (QED) is 0.593. The first kappa shape index (κ1) is 15.0. The number of nitrogens with zero attached hydrogens (tertiary/aromatic N) is 1. The molecule has 4 nitrogen and oxygen atoms in total. The zero-order chi connectivity index (χ0) is 13.4. The summed E-state index contributed by atoms with van der Waals surface area (Å²) in [5.74, 6) is 0.198. The highest BCUT2D eigenvalue weighted by Crippen LogP contribution is 2.08. The molecule has 0 aliphatic carbocycles. The fraction of sp³-hybridized carbons (Fsp3) is 0.333. The third kappa shape index (κ3) is 6.05. The highest BCUT2D eigenvalue weighted by Gasteiger charge is 2.09. The summed E-state index contributed by atoms with van der Waals surface area (Å²) in [5, 5.41) is 9.28. The number of benzene rings is 1. The summed E-state index contributed by atoms with van der Waals surface area (Å²) in [4.78, 5) is 14.7. The standard InChI is InChI=1S/C12H15ClN2O2S/c13-10-3-1-9(2-4-10)7-15-5-6-18-8-11(14)12(16)17/h1-4,7,11H,5-6,8,14H2,(H,16,17)/t11-/m0/s1. The van der Waals surface area contributed by atoms with E-state index in [-0.39, 0.29) is 0 Å². The van der Waals surface area contributed by atoms with Gasteiger partial charge in [0.1, 0.15) is 6.04 Å².